The molecule has 0 spiro atoms. The Morgan fingerprint density at radius 2 is 1.76 bits per heavy atom. The van der Waals surface area contributed by atoms with Gasteiger partial charge in [-0.1, -0.05) is 0 Å². The van der Waals surface area contributed by atoms with Gasteiger partial charge in [-0.05, 0) is 61.6 Å². The van der Waals surface area contributed by atoms with Crippen molar-refractivity contribution in [3.63, 3.8) is 0 Å². The van der Waals surface area contributed by atoms with Gasteiger partial charge in [-0.25, -0.2) is 8.42 Å². The minimum atomic E-state index is -3.35. The first-order valence-corrected chi connectivity index (χ1v) is 13.2. The number of hydrogen-bond acceptors (Lipinski definition) is 6. The Kier molecular flexibility index (Phi) is 5.85. The number of hydrogen-bond donors (Lipinski definition) is 1. The Hall–Kier alpha value is -3.27. The number of likely N-dealkylation sites (tertiary alicyclic amines) is 1. The van der Waals surface area contributed by atoms with Crippen molar-refractivity contribution in [2.24, 2.45) is 5.92 Å². The van der Waals surface area contributed by atoms with Crippen LogP contribution in [0.4, 0.5) is 11.4 Å². The highest BCUT2D eigenvalue weighted by Gasteiger charge is 2.30. The first kappa shape index (κ1) is 22.5. The molecule has 1 saturated heterocycles. The number of nitrogens with zero attached hydrogens (tertiary/aromatic N) is 2. The molecule has 2 aromatic carbocycles. The van der Waals surface area contributed by atoms with Crippen LogP contribution in [0.15, 0.2) is 36.4 Å². The molecule has 0 atom stereocenters. The molecule has 0 radical (unpaired) electrons. The van der Waals surface area contributed by atoms with Crippen molar-refractivity contribution in [2.75, 3.05) is 42.3 Å². The van der Waals surface area contributed by atoms with Crippen molar-refractivity contribution in [3.8, 4) is 11.5 Å². The number of sulfonamides is 1. The summed E-state index contributed by atoms with van der Waals surface area (Å²) in [5.41, 5.74) is 2.74. The second-order valence-electron chi connectivity index (χ2n) is 8.91. The highest BCUT2D eigenvalue weighted by Crippen LogP contribution is 2.35. The summed E-state index contributed by atoms with van der Waals surface area (Å²) in [5.74, 6) is 0.940. The molecule has 5 rings (SSSR count). The van der Waals surface area contributed by atoms with E-state index in [2.05, 4.69) is 5.32 Å². The minimum absolute atomic E-state index is 0.0689. The van der Waals surface area contributed by atoms with Crippen LogP contribution in [0.5, 0.6) is 11.5 Å². The van der Waals surface area contributed by atoms with Crippen LogP contribution in [0.2, 0.25) is 0 Å². The lowest BCUT2D eigenvalue weighted by molar-refractivity contribution is -0.121. The Morgan fingerprint density at radius 1 is 1.00 bits per heavy atom. The molecule has 0 aromatic heterocycles. The Morgan fingerprint density at radius 3 is 2.53 bits per heavy atom. The zero-order chi connectivity index (χ0) is 23.9. The van der Waals surface area contributed by atoms with Gasteiger partial charge in [-0.15, -0.1) is 0 Å². The van der Waals surface area contributed by atoms with Gasteiger partial charge in [0.1, 0.15) is 0 Å². The van der Waals surface area contributed by atoms with Gasteiger partial charge in [0.05, 0.1) is 11.9 Å². The maximum absolute atomic E-state index is 13.1. The molecule has 3 heterocycles. The SMILES string of the molecule is CS(=O)(=O)N1CCCc2cc(C(=O)N3CCC(C(=O)Nc4ccc5c(c4)OCO5)CC3)ccc21. The van der Waals surface area contributed by atoms with E-state index in [4.69, 9.17) is 9.47 Å². The van der Waals surface area contributed by atoms with Gasteiger partial charge in [-0.3, -0.25) is 13.9 Å². The Labute approximate surface area is 198 Å². The third-order valence-corrected chi connectivity index (χ3v) is 7.78. The van der Waals surface area contributed by atoms with E-state index in [0.717, 1.165) is 18.4 Å². The van der Waals surface area contributed by atoms with E-state index < -0.39 is 10.0 Å². The van der Waals surface area contributed by atoms with Gasteiger partial charge in [-0.2, -0.15) is 0 Å². The molecule has 3 aliphatic rings. The number of benzene rings is 2. The van der Waals surface area contributed by atoms with Gasteiger partial charge in [0.25, 0.3) is 5.91 Å². The molecule has 3 aliphatic heterocycles. The Balaban J connectivity index is 1.20. The summed E-state index contributed by atoms with van der Waals surface area (Å²) in [4.78, 5) is 27.6. The lowest BCUT2D eigenvalue weighted by Gasteiger charge is -2.32. The molecule has 1 fully saturated rings. The first-order valence-electron chi connectivity index (χ1n) is 11.4. The highest BCUT2D eigenvalue weighted by atomic mass is 32.2. The highest BCUT2D eigenvalue weighted by molar-refractivity contribution is 7.92. The van der Waals surface area contributed by atoms with Crippen molar-refractivity contribution in [1.82, 2.24) is 4.90 Å². The molecule has 0 unspecified atom stereocenters. The number of carbonyl (C=O) groups excluding carboxylic acids is 2. The average Bonchev–Trinajstić information content (AvgIpc) is 3.30. The van der Waals surface area contributed by atoms with Crippen molar-refractivity contribution in [2.45, 2.75) is 25.7 Å². The number of nitrogens with one attached hydrogen (secondary N) is 1. The second-order valence-corrected chi connectivity index (χ2v) is 10.8. The molecule has 180 valence electrons. The van der Waals surface area contributed by atoms with E-state index in [1.54, 1.807) is 35.2 Å². The standard InChI is InChI=1S/C24H27N3O6S/c1-34(30,31)27-10-2-3-17-13-18(4-6-20(17)27)24(29)26-11-8-16(9-12-26)23(28)25-19-5-7-21-22(14-19)33-15-32-21/h4-7,13-14,16H,2-3,8-12,15H2,1H3,(H,25,28). The molecule has 2 amide bonds. The molecule has 0 aliphatic carbocycles. The molecule has 10 heteroatoms. The molecule has 0 saturated carbocycles. The van der Waals surface area contributed by atoms with Crippen LogP contribution in [-0.4, -0.2) is 57.8 Å². The topological polar surface area (TPSA) is 105 Å². The number of aryl methyl sites for hydroxylation is 1. The number of piperidine rings is 1. The summed E-state index contributed by atoms with van der Waals surface area (Å²) in [6.45, 7) is 1.62. The van der Waals surface area contributed by atoms with Crippen molar-refractivity contribution in [3.05, 3.63) is 47.5 Å². The van der Waals surface area contributed by atoms with Gasteiger partial charge >= 0.3 is 0 Å². The first-order chi connectivity index (χ1) is 16.3. The number of anilines is 2. The summed E-state index contributed by atoms with van der Waals surface area (Å²) in [6.07, 6.45) is 3.82. The third-order valence-electron chi connectivity index (χ3n) is 6.60. The summed E-state index contributed by atoms with van der Waals surface area (Å²) in [5, 5.41) is 2.94. The van der Waals surface area contributed by atoms with Crippen molar-refractivity contribution in [1.29, 1.82) is 0 Å². The monoisotopic (exact) mass is 485 g/mol. The molecule has 34 heavy (non-hydrogen) atoms. The largest absolute Gasteiger partial charge is 0.454 e. The number of amides is 2. The normalized spacial score (nSPS) is 17.9. The smallest absolute Gasteiger partial charge is 0.253 e. The molecular weight excluding hydrogens is 458 g/mol. The third kappa shape index (κ3) is 4.42. The fourth-order valence-electron chi connectivity index (χ4n) is 4.79. The second kappa shape index (κ2) is 8.83. The predicted molar refractivity (Wildman–Crippen MR) is 127 cm³/mol. The van der Waals surface area contributed by atoms with Gasteiger partial charge < -0.3 is 19.7 Å². The summed E-state index contributed by atoms with van der Waals surface area (Å²) in [6, 6.07) is 10.5. The number of rotatable bonds is 4. The van der Waals surface area contributed by atoms with Gasteiger partial charge in [0.15, 0.2) is 11.5 Å². The molecular formula is C24H27N3O6S. The average molecular weight is 486 g/mol. The van der Waals surface area contributed by atoms with Gasteiger partial charge in [0, 0.05) is 42.9 Å². The van der Waals surface area contributed by atoms with E-state index in [1.165, 1.54) is 10.6 Å². The molecule has 9 nitrogen and oxygen atoms in total. The summed E-state index contributed by atoms with van der Waals surface area (Å²) in [7, 11) is -3.35. The van der Waals surface area contributed by atoms with Crippen LogP contribution >= 0.6 is 0 Å². The van der Waals surface area contributed by atoms with Crippen LogP contribution in [0.3, 0.4) is 0 Å². The molecule has 1 N–H and O–H groups in total. The summed E-state index contributed by atoms with van der Waals surface area (Å²) >= 11 is 0. The quantitative estimate of drug-likeness (QED) is 0.714. The zero-order valence-electron chi connectivity index (χ0n) is 19.0. The minimum Gasteiger partial charge on any atom is -0.454 e. The van der Waals surface area contributed by atoms with E-state index in [0.29, 0.717) is 60.9 Å². The summed E-state index contributed by atoms with van der Waals surface area (Å²) < 4.78 is 36.2. The fourth-order valence-corrected chi connectivity index (χ4v) is 5.78. The Bertz CT molecular complexity index is 1240. The van der Waals surface area contributed by atoms with Crippen LogP contribution < -0.4 is 19.1 Å². The van der Waals surface area contributed by atoms with E-state index in [-0.39, 0.29) is 24.5 Å². The number of ether oxygens (including phenoxy) is 2. The zero-order valence-corrected chi connectivity index (χ0v) is 19.8. The lowest BCUT2D eigenvalue weighted by Crippen LogP contribution is -2.41. The van der Waals surface area contributed by atoms with Crippen LogP contribution in [0, 0.1) is 5.92 Å². The number of fused-ring (bicyclic) bond motifs is 2. The van der Waals surface area contributed by atoms with Crippen LogP contribution in [0.1, 0.15) is 35.2 Å². The van der Waals surface area contributed by atoms with E-state index in [1.807, 2.05) is 6.07 Å². The van der Waals surface area contributed by atoms with E-state index in [9.17, 15) is 18.0 Å². The fraction of sp³-hybridized carbons (Fsp3) is 0.417. The predicted octanol–water partition coefficient (Wildman–Crippen LogP) is 2.62. The number of carbonyl (C=O) groups is 2. The molecule has 0 bridgehead atoms. The molecule has 2 aromatic rings. The van der Waals surface area contributed by atoms with E-state index >= 15 is 0 Å². The van der Waals surface area contributed by atoms with Gasteiger partial charge in [0.2, 0.25) is 22.7 Å². The lowest BCUT2D eigenvalue weighted by atomic mass is 9.94. The van der Waals surface area contributed by atoms with Crippen molar-refractivity contribution < 1.29 is 27.5 Å². The van der Waals surface area contributed by atoms with Crippen LogP contribution in [-0.2, 0) is 21.2 Å². The van der Waals surface area contributed by atoms with Crippen LogP contribution in [0.25, 0.3) is 0 Å². The van der Waals surface area contributed by atoms with Crippen molar-refractivity contribution >= 4 is 33.2 Å². The maximum Gasteiger partial charge on any atom is 0.253 e. The maximum atomic E-state index is 13.1.